The Bertz CT molecular complexity index is 1210. The number of rotatable bonds is 15. The first-order valence-corrected chi connectivity index (χ1v) is 16.8. The highest BCUT2D eigenvalue weighted by atomic mass is 32.2. The van der Waals surface area contributed by atoms with Gasteiger partial charge in [0.15, 0.2) is 0 Å². The fourth-order valence-electron chi connectivity index (χ4n) is 7.73. The van der Waals surface area contributed by atoms with Crippen molar-refractivity contribution in [2.75, 3.05) is 59.2 Å². The molecule has 4 aliphatic rings. The van der Waals surface area contributed by atoms with Gasteiger partial charge in [0.05, 0.1) is 49.1 Å². The van der Waals surface area contributed by atoms with E-state index in [2.05, 4.69) is 18.1 Å². The van der Waals surface area contributed by atoms with Crippen LogP contribution in [-0.4, -0.2) is 118 Å². The van der Waals surface area contributed by atoms with Gasteiger partial charge in [0, 0.05) is 37.5 Å². The molecule has 10 heteroatoms. The highest BCUT2D eigenvalue weighted by Crippen LogP contribution is 2.71. The second-order valence-corrected chi connectivity index (χ2v) is 14.5. The first kappa shape index (κ1) is 32.7. The van der Waals surface area contributed by atoms with E-state index in [-0.39, 0.29) is 31.0 Å². The molecule has 4 saturated heterocycles. The van der Waals surface area contributed by atoms with Crippen LogP contribution in [0.3, 0.4) is 0 Å². The lowest BCUT2D eigenvalue weighted by atomic mass is 9.66. The molecule has 4 heterocycles. The lowest BCUT2D eigenvalue weighted by Gasteiger charge is -2.40. The number of aliphatic hydroxyl groups excluding tert-OH is 1. The standard InChI is InChI=1S/C34H47N3O6S/c1-4-6-10-20-43-32(41)28-27-30(39)37(26(24-38)23-25-11-8-7-9-12-25)29(34(27)14-13-33(28,3)44-34)31(40)36(15-5-2)17-16-35-18-21-42-22-19-35/h4-5,7-9,11-12,26-29,38H,1-2,6,10,13-24H2,3H3/t26-,27+,28+,29?,33-,34?/m1/s1. The van der Waals surface area contributed by atoms with Gasteiger partial charge < -0.3 is 24.4 Å². The monoisotopic (exact) mass is 625 g/mol. The van der Waals surface area contributed by atoms with Crippen molar-refractivity contribution in [1.82, 2.24) is 14.7 Å². The fourth-order valence-corrected chi connectivity index (χ4v) is 10.1. The van der Waals surface area contributed by atoms with Gasteiger partial charge in [-0.3, -0.25) is 19.3 Å². The number of unbranched alkanes of at least 4 members (excludes halogenated alkanes) is 1. The van der Waals surface area contributed by atoms with Crippen molar-refractivity contribution < 1.29 is 29.0 Å². The summed E-state index contributed by atoms with van der Waals surface area (Å²) < 4.78 is 9.97. The van der Waals surface area contributed by atoms with Gasteiger partial charge in [-0.1, -0.05) is 42.5 Å². The molecule has 9 nitrogen and oxygen atoms in total. The topological polar surface area (TPSA) is 99.6 Å². The van der Waals surface area contributed by atoms with Crippen LogP contribution in [0.1, 0.15) is 38.2 Å². The van der Waals surface area contributed by atoms with Gasteiger partial charge in [0.2, 0.25) is 11.8 Å². The van der Waals surface area contributed by atoms with Crippen LogP contribution in [0.15, 0.2) is 55.6 Å². The number of aliphatic hydroxyl groups is 1. The number of hydrogen-bond acceptors (Lipinski definition) is 8. The maximum absolute atomic E-state index is 14.8. The van der Waals surface area contributed by atoms with E-state index in [4.69, 9.17) is 9.47 Å². The number of likely N-dealkylation sites (tertiary alicyclic amines) is 1. The van der Waals surface area contributed by atoms with E-state index >= 15 is 0 Å². The van der Waals surface area contributed by atoms with Crippen molar-refractivity contribution in [3.05, 3.63) is 61.2 Å². The van der Waals surface area contributed by atoms with Crippen LogP contribution < -0.4 is 0 Å². The van der Waals surface area contributed by atoms with Crippen LogP contribution in [0.4, 0.5) is 0 Å². The summed E-state index contributed by atoms with van der Waals surface area (Å²) in [7, 11) is 0. The lowest BCUT2D eigenvalue weighted by Crippen LogP contribution is -2.58. The van der Waals surface area contributed by atoms with Crippen LogP contribution in [0.2, 0.25) is 0 Å². The molecule has 0 saturated carbocycles. The number of carbonyl (C=O) groups is 3. The molecule has 1 spiro atoms. The first-order chi connectivity index (χ1) is 21.3. The number of carbonyl (C=O) groups excluding carboxylic acids is 3. The van der Waals surface area contributed by atoms with Gasteiger partial charge >= 0.3 is 5.97 Å². The summed E-state index contributed by atoms with van der Waals surface area (Å²) in [5.41, 5.74) is 0.970. The maximum atomic E-state index is 14.8. The van der Waals surface area contributed by atoms with Gasteiger partial charge in [0.1, 0.15) is 6.04 Å². The molecule has 4 fully saturated rings. The van der Waals surface area contributed by atoms with E-state index in [9.17, 15) is 19.5 Å². The molecule has 1 N–H and O–H groups in total. The van der Waals surface area contributed by atoms with E-state index in [0.29, 0.717) is 58.5 Å². The predicted octanol–water partition coefficient (Wildman–Crippen LogP) is 2.93. The molecule has 0 radical (unpaired) electrons. The molecule has 1 aromatic rings. The Labute approximate surface area is 265 Å². The van der Waals surface area contributed by atoms with Crippen molar-refractivity contribution in [3.63, 3.8) is 0 Å². The van der Waals surface area contributed by atoms with Crippen LogP contribution in [0.5, 0.6) is 0 Å². The van der Waals surface area contributed by atoms with E-state index in [1.165, 1.54) is 0 Å². The van der Waals surface area contributed by atoms with Crippen LogP contribution in [-0.2, 0) is 30.3 Å². The summed E-state index contributed by atoms with van der Waals surface area (Å²) in [6, 6.07) is 8.31. The second kappa shape index (κ2) is 14.2. The van der Waals surface area contributed by atoms with Gasteiger partial charge in [-0.15, -0.1) is 24.9 Å². The van der Waals surface area contributed by atoms with Crippen molar-refractivity contribution in [1.29, 1.82) is 0 Å². The van der Waals surface area contributed by atoms with Crippen molar-refractivity contribution in [2.24, 2.45) is 11.8 Å². The lowest BCUT2D eigenvalue weighted by molar-refractivity contribution is -0.156. The summed E-state index contributed by atoms with van der Waals surface area (Å²) >= 11 is 1.63. The molecular weight excluding hydrogens is 578 g/mol. The smallest absolute Gasteiger partial charge is 0.311 e. The average Bonchev–Trinajstić information content (AvgIpc) is 3.61. The van der Waals surface area contributed by atoms with Gasteiger partial charge in [-0.2, -0.15) is 0 Å². The Kier molecular flexibility index (Phi) is 10.6. The quantitative estimate of drug-likeness (QED) is 0.181. The summed E-state index contributed by atoms with van der Waals surface area (Å²) in [5.74, 6) is -2.08. The van der Waals surface area contributed by atoms with E-state index in [1.54, 1.807) is 33.7 Å². The van der Waals surface area contributed by atoms with Crippen molar-refractivity contribution >= 4 is 29.5 Å². The summed E-state index contributed by atoms with van der Waals surface area (Å²) in [5, 5.41) is 10.7. The van der Waals surface area contributed by atoms with E-state index < -0.39 is 33.4 Å². The average molecular weight is 626 g/mol. The fraction of sp³-hybridized carbons (Fsp3) is 0.618. The zero-order valence-electron chi connectivity index (χ0n) is 25.9. The van der Waals surface area contributed by atoms with Crippen LogP contribution >= 0.6 is 11.8 Å². The minimum absolute atomic E-state index is 0.141. The maximum Gasteiger partial charge on any atom is 0.311 e. The second-order valence-electron chi connectivity index (χ2n) is 12.6. The molecule has 240 valence electrons. The number of nitrogens with zero attached hydrogens (tertiary/aromatic N) is 3. The third kappa shape index (κ3) is 6.23. The molecule has 2 amide bonds. The number of hydrogen-bond donors (Lipinski definition) is 1. The Balaban J connectivity index is 1.49. The minimum atomic E-state index is -0.809. The molecule has 5 rings (SSSR count). The molecule has 0 aliphatic carbocycles. The normalized spacial score (nSPS) is 30.2. The third-order valence-corrected chi connectivity index (χ3v) is 11.9. The Morgan fingerprint density at radius 3 is 2.64 bits per heavy atom. The van der Waals surface area contributed by atoms with Crippen molar-refractivity contribution in [3.8, 4) is 0 Å². The number of esters is 1. The Morgan fingerprint density at radius 2 is 1.95 bits per heavy atom. The molecule has 6 atom stereocenters. The summed E-state index contributed by atoms with van der Waals surface area (Å²) in [6.45, 7) is 14.2. The molecule has 2 bridgehead atoms. The van der Waals surface area contributed by atoms with Gasteiger partial charge in [0.25, 0.3) is 0 Å². The van der Waals surface area contributed by atoms with E-state index in [1.807, 2.05) is 37.3 Å². The highest BCUT2D eigenvalue weighted by molar-refractivity contribution is 8.02. The molecule has 1 aromatic carbocycles. The highest BCUT2D eigenvalue weighted by Gasteiger charge is 2.78. The number of ether oxygens (including phenoxy) is 2. The number of thioether (sulfide) groups is 1. The van der Waals surface area contributed by atoms with Crippen molar-refractivity contribution in [2.45, 2.75) is 60.6 Å². The minimum Gasteiger partial charge on any atom is -0.465 e. The molecule has 4 aliphatic heterocycles. The van der Waals surface area contributed by atoms with E-state index in [0.717, 1.165) is 25.1 Å². The molecule has 2 unspecified atom stereocenters. The zero-order valence-corrected chi connectivity index (χ0v) is 26.7. The number of benzene rings is 1. The number of fused-ring (bicyclic) bond motifs is 1. The Hall–Kier alpha value is -2.66. The largest absolute Gasteiger partial charge is 0.465 e. The third-order valence-electron chi connectivity index (χ3n) is 9.87. The summed E-state index contributed by atoms with van der Waals surface area (Å²) in [6.07, 6.45) is 6.69. The van der Waals surface area contributed by atoms with Crippen LogP contribution in [0.25, 0.3) is 0 Å². The SMILES string of the molecule is C=CCCCOC(=O)[C@@H]1[C@H]2C(=O)N([C@@H](CO)Cc3ccccc3)C(C(=O)N(CC=C)CCN3CCOCC3)C23CC[C@@]1(C)S3. The number of morpholine rings is 1. The number of amides is 2. The predicted molar refractivity (Wildman–Crippen MR) is 171 cm³/mol. The molecule has 44 heavy (non-hydrogen) atoms. The number of allylic oxidation sites excluding steroid dienone is 1. The van der Waals surface area contributed by atoms with Gasteiger partial charge in [-0.05, 0) is 44.6 Å². The first-order valence-electron chi connectivity index (χ1n) is 15.9. The Morgan fingerprint density at radius 1 is 1.20 bits per heavy atom. The zero-order chi connectivity index (χ0) is 31.3. The molecular formula is C34H47N3O6S. The van der Waals surface area contributed by atoms with Gasteiger partial charge in [-0.25, -0.2) is 0 Å². The molecule has 0 aromatic heterocycles. The van der Waals surface area contributed by atoms with Crippen LogP contribution in [0, 0.1) is 11.8 Å². The summed E-state index contributed by atoms with van der Waals surface area (Å²) in [4.78, 5) is 48.9.